The molecule has 0 bridgehead atoms. The molecule has 102 valence electrons. The van der Waals surface area contributed by atoms with Crippen molar-refractivity contribution in [3.8, 4) is 0 Å². The molecule has 0 aliphatic rings. The van der Waals surface area contributed by atoms with Crippen LogP contribution < -0.4 is 5.73 Å². The zero-order chi connectivity index (χ0) is 14.2. The molecule has 1 heterocycles. The molecule has 0 spiro atoms. The predicted molar refractivity (Wildman–Crippen MR) is 70.5 cm³/mol. The molecule has 1 aromatic heterocycles. The van der Waals surface area contributed by atoms with Crippen LogP contribution in [0.2, 0.25) is 5.02 Å². The van der Waals surface area contributed by atoms with Crippen LogP contribution in [-0.2, 0) is 9.53 Å². The maximum atomic E-state index is 13.5. The Hall–Kier alpha value is -1.82. The number of nitrogen functional groups attached to an aromatic ring is 1. The van der Waals surface area contributed by atoms with E-state index in [2.05, 4.69) is 4.98 Å². The van der Waals surface area contributed by atoms with Gasteiger partial charge >= 0.3 is 5.97 Å². The molecule has 1 aromatic carbocycles. The normalized spacial score (nSPS) is 12.6. The topological polar surface area (TPSA) is 70.1 Å². The summed E-state index contributed by atoms with van der Waals surface area (Å²) in [6.07, 6.45) is 0. The smallest absolute Gasteiger partial charge is 0.328 e. The summed E-state index contributed by atoms with van der Waals surface area (Å²) in [5.74, 6) is -0.938. The molecule has 19 heavy (non-hydrogen) atoms. The number of benzene rings is 1. The van der Waals surface area contributed by atoms with Gasteiger partial charge in [0.05, 0.1) is 22.7 Å². The van der Waals surface area contributed by atoms with Crippen LogP contribution in [0.5, 0.6) is 0 Å². The molecular formula is C12H13ClFN3O2. The van der Waals surface area contributed by atoms with Gasteiger partial charge in [0, 0.05) is 6.07 Å². The first-order valence-electron chi connectivity index (χ1n) is 5.74. The van der Waals surface area contributed by atoms with Gasteiger partial charge in [-0.15, -0.1) is 0 Å². The van der Waals surface area contributed by atoms with Crippen molar-refractivity contribution in [1.29, 1.82) is 0 Å². The summed E-state index contributed by atoms with van der Waals surface area (Å²) < 4.78 is 19.9. The quantitative estimate of drug-likeness (QED) is 0.880. The fourth-order valence-corrected chi connectivity index (χ4v) is 2.04. The fraction of sp³-hybridized carbons (Fsp3) is 0.333. The number of carbonyl (C=O) groups is 1. The molecule has 0 aliphatic heterocycles. The van der Waals surface area contributed by atoms with E-state index in [9.17, 15) is 9.18 Å². The third-order valence-electron chi connectivity index (χ3n) is 2.77. The number of esters is 1. The van der Waals surface area contributed by atoms with Gasteiger partial charge in [0.1, 0.15) is 11.9 Å². The van der Waals surface area contributed by atoms with Gasteiger partial charge in [-0.3, -0.25) is 4.57 Å². The van der Waals surface area contributed by atoms with Crippen molar-refractivity contribution in [2.45, 2.75) is 19.9 Å². The first kappa shape index (κ1) is 13.6. The molecule has 1 unspecified atom stereocenters. The standard InChI is InChI=1S/C12H13ClFN3O2/c1-3-19-11(18)6(2)17-10-5-8(14)7(13)4-9(10)16-12(17)15/h4-6H,3H2,1-2H3,(H2,15,16). The van der Waals surface area contributed by atoms with Crippen LogP contribution in [0.3, 0.4) is 0 Å². The SMILES string of the molecule is CCOC(=O)C(C)n1c(N)nc2cc(Cl)c(F)cc21. The Morgan fingerprint density at radius 2 is 2.32 bits per heavy atom. The number of nitrogens with zero attached hydrogens (tertiary/aromatic N) is 2. The Kier molecular flexibility index (Phi) is 3.61. The predicted octanol–water partition coefficient (Wildman–Crippen LogP) is 2.54. The molecule has 7 heteroatoms. The summed E-state index contributed by atoms with van der Waals surface area (Å²) in [7, 11) is 0. The van der Waals surface area contributed by atoms with Crippen molar-refractivity contribution in [3.05, 3.63) is 23.0 Å². The van der Waals surface area contributed by atoms with Gasteiger partial charge in [-0.1, -0.05) is 11.6 Å². The fourth-order valence-electron chi connectivity index (χ4n) is 1.88. The van der Waals surface area contributed by atoms with Crippen LogP contribution in [-0.4, -0.2) is 22.1 Å². The van der Waals surface area contributed by atoms with Gasteiger partial charge in [-0.05, 0) is 19.9 Å². The first-order chi connectivity index (χ1) is 8.95. The zero-order valence-corrected chi connectivity index (χ0v) is 11.2. The molecule has 2 aromatic rings. The monoisotopic (exact) mass is 285 g/mol. The van der Waals surface area contributed by atoms with Gasteiger partial charge in [-0.25, -0.2) is 14.2 Å². The number of imidazole rings is 1. The minimum atomic E-state index is -0.689. The molecule has 5 nitrogen and oxygen atoms in total. The van der Waals surface area contributed by atoms with E-state index in [0.29, 0.717) is 11.0 Å². The summed E-state index contributed by atoms with van der Waals surface area (Å²) in [6, 6.07) is 1.89. The number of hydrogen-bond acceptors (Lipinski definition) is 4. The van der Waals surface area contributed by atoms with Crippen LogP contribution in [0, 0.1) is 5.82 Å². The Bertz CT molecular complexity index is 641. The highest BCUT2D eigenvalue weighted by molar-refractivity contribution is 6.31. The summed E-state index contributed by atoms with van der Waals surface area (Å²) >= 11 is 5.68. The average Bonchev–Trinajstić information content (AvgIpc) is 2.65. The molecule has 0 radical (unpaired) electrons. The second-order valence-electron chi connectivity index (χ2n) is 4.02. The van der Waals surface area contributed by atoms with Crippen molar-refractivity contribution in [2.75, 3.05) is 12.3 Å². The van der Waals surface area contributed by atoms with E-state index in [1.165, 1.54) is 16.7 Å². The van der Waals surface area contributed by atoms with E-state index in [1.807, 2.05) is 0 Å². The number of aromatic nitrogens is 2. The highest BCUT2D eigenvalue weighted by atomic mass is 35.5. The summed E-state index contributed by atoms with van der Waals surface area (Å²) in [5, 5.41) is -0.0408. The lowest BCUT2D eigenvalue weighted by Crippen LogP contribution is -2.20. The van der Waals surface area contributed by atoms with Gasteiger partial charge in [0.2, 0.25) is 5.95 Å². The molecule has 0 aliphatic carbocycles. The van der Waals surface area contributed by atoms with Gasteiger partial charge in [0.25, 0.3) is 0 Å². The maximum absolute atomic E-state index is 13.5. The molecule has 0 saturated carbocycles. The third-order valence-corrected chi connectivity index (χ3v) is 3.06. The number of hydrogen-bond donors (Lipinski definition) is 1. The third kappa shape index (κ3) is 2.35. The minimum absolute atomic E-state index is 0.0408. The van der Waals surface area contributed by atoms with Gasteiger partial charge in [0.15, 0.2) is 0 Å². The number of rotatable bonds is 3. The second-order valence-corrected chi connectivity index (χ2v) is 4.43. The number of nitrogens with two attached hydrogens (primary N) is 1. The van der Waals surface area contributed by atoms with Crippen LogP contribution >= 0.6 is 11.6 Å². The van der Waals surface area contributed by atoms with Crippen molar-refractivity contribution < 1.29 is 13.9 Å². The van der Waals surface area contributed by atoms with E-state index in [0.717, 1.165) is 0 Å². The molecule has 0 fully saturated rings. The summed E-state index contributed by atoms with van der Waals surface area (Å²) in [6.45, 7) is 3.58. The van der Waals surface area contributed by atoms with Crippen LogP contribution in [0.15, 0.2) is 12.1 Å². The van der Waals surface area contributed by atoms with Gasteiger partial charge < -0.3 is 10.5 Å². The molecule has 0 amide bonds. The Morgan fingerprint density at radius 3 is 2.95 bits per heavy atom. The lowest BCUT2D eigenvalue weighted by molar-refractivity contribution is -0.146. The minimum Gasteiger partial charge on any atom is -0.464 e. The van der Waals surface area contributed by atoms with Crippen molar-refractivity contribution >= 4 is 34.6 Å². The summed E-state index contributed by atoms with van der Waals surface area (Å²) in [5.41, 5.74) is 6.60. The van der Waals surface area contributed by atoms with Gasteiger partial charge in [-0.2, -0.15) is 0 Å². The number of fused-ring (bicyclic) bond motifs is 1. The van der Waals surface area contributed by atoms with E-state index in [-0.39, 0.29) is 17.6 Å². The van der Waals surface area contributed by atoms with E-state index in [1.54, 1.807) is 13.8 Å². The maximum Gasteiger partial charge on any atom is 0.328 e. The Labute approximate surface area is 114 Å². The number of anilines is 1. The number of ether oxygens (including phenoxy) is 1. The number of carbonyl (C=O) groups excluding carboxylic acids is 1. The van der Waals surface area contributed by atoms with Crippen LogP contribution in [0.1, 0.15) is 19.9 Å². The van der Waals surface area contributed by atoms with E-state index >= 15 is 0 Å². The Morgan fingerprint density at radius 1 is 1.63 bits per heavy atom. The average molecular weight is 286 g/mol. The largest absolute Gasteiger partial charge is 0.464 e. The highest BCUT2D eigenvalue weighted by Gasteiger charge is 2.22. The first-order valence-corrected chi connectivity index (χ1v) is 6.12. The van der Waals surface area contributed by atoms with E-state index < -0.39 is 17.8 Å². The lowest BCUT2D eigenvalue weighted by atomic mass is 10.2. The molecule has 1 atom stereocenters. The second kappa shape index (κ2) is 5.05. The van der Waals surface area contributed by atoms with Crippen molar-refractivity contribution in [2.24, 2.45) is 0 Å². The molecular weight excluding hydrogens is 273 g/mol. The molecule has 0 saturated heterocycles. The number of halogens is 2. The molecule has 2 rings (SSSR count). The zero-order valence-electron chi connectivity index (χ0n) is 10.5. The van der Waals surface area contributed by atoms with Crippen LogP contribution in [0.4, 0.5) is 10.3 Å². The van der Waals surface area contributed by atoms with E-state index in [4.69, 9.17) is 22.1 Å². The highest BCUT2D eigenvalue weighted by Crippen LogP contribution is 2.27. The molecule has 2 N–H and O–H groups in total. The van der Waals surface area contributed by atoms with Crippen LogP contribution in [0.25, 0.3) is 11.0 Å². The Balaban J connectivity index is 2.56. The van der Waals surface area contributed by atoms with Crippen molar-refractivity contribution in [3.63, 3.8) is 0 Å². The van der Waals surface area contributed by atoms with Crippen molar-refractivity contribution in [1.82, 2.24) is 9.55 Å². The lowest BCUT2D eigenvalue weighted by Gasteiger charge is -2.14. The summed E-state index contributed by atoms with van der Waals surface area (Å²) in [4.78, 5) is 15.8.